The lowest BCUT2D eigenvalue weighted by Gasteiger charge is -2.18. The van der Waals surface area contributed by atoms with E-state index >= 15 is 0 Å². The highest BCUT2D eigenvalue weighted by Gasteiger charge is 2.14. The SMILES string of the molecule is CC(Nc1ccc(Br)c(F)c1)c1ccc(Cl)c(Cl)c1Cl. The molecule has 1 nitrogen and oxygen atoms in total. The standard InChI is InChI=1S/C14H10BrCl3FN/c1-7(9-3-5-11(16)14(18)13(9)17)20-8-2-4-10(15)12(19)6-8/h2-7,20H,1H3. The number of nitrogens with one attached hydrogen (secondary N) is 1. The van der Waals surface area contributed by atoms with Gasteiger partial charge >= 0.3 is 0 Å². The minimum absolute atomic E-state index is 0.141. The third-order valence-electron chi connectivity index (χ3n) is 2.83. The zero-order valence-corrected chi connectivity index (χ0v) is 14.2. The Morgan fingerprint density at radius 2 is 1.80 bits per heavy atom. The summed E-state index contributed by atoms with van der Waals surface area (Å²) >= 11 is 21.2. The summed E-state index contributed by atoms with van der Waals surface area (Å²) in [5, 5.41) is 4.29. The van der Waals surface area contributed by atoms with Crippen LogP contribution in [0.1, 0.15) is 18.5 Å². The molecule has 106 valence electrons. The van der Waals surface area contributed by atoms with E-state index in [0.717, 1.165) is 5.56 Å². The summed E-state index contributed by atoms with van der Waals surface area (Å²) < 4.78 is 13.9. The summed E-state index contributed by atoms with van der Waals surface area (Å²) in [6.07, 6.45) is 0. The molecule has 6 heteroatoms. The Morgan fingerprint density at radius 3 is 2.45 bits per heavy atom. The fraction of sp³-hybridized carbons (Fsp3) is 0.143. The second kappa shape index (κ2) is 6.52. The zero-order chi connectivity index (χ0) is 14.9. The maximum Gasteiger partial charge on any atom is 0.139 e. The molecule has 1 atom stereocenters. The van der Waals surface area contributed by atoms with Crippen molar-refractivity contribution in [1.29, 1.82) is 0 Å². The lowest BCUT2D eigenvalue weighted by molar-refractivity contribution is 0.621. The molecule has 0 aromatic heterocycles. The molecule has 0 aliphatic rings. The fourth-order valence-electron chi connectivity index (χ4n) is 1.79. The fourth-order valence-corrected chi connectivity index (χ4v) is 2.74. The van der Waals surface area contributed by atoms with Crippen LogP contribution in [0.4, 0.5) is 10.1 Å². The van der Waals surface area contributed by atoms with Crippen LogP contribution in [0.2, 0.25) is 15.1 Å². The van der Waals surface area contributed by atoms with E-state index in [2.05, 4.69) is 21.2 Å². The Hall–Kier alpha value is -0.480. The van der Waals surface area contributed by atoms with Gasteiger partial charge in [-0.05, 0) is 52.7 Å². The third kappa shape index (κ3) is 3.40. The second-order valence-electron chi connectivity index (χ2n) is 4.26. The highest BCUT2D eigenvalue weighted by molar-refractivity contribution is 9.10. The van der Waals surface area contributed by atoms with Crippen LogP contribution in [0.3, 0.4) is 0 Å². The number of halogens is 5. The van der Waals surface area contributed by atoms with Crippen LogP contribution >= 0.6 is 50.7 Å². The van der Waals surface area contributed by atoms with E-state index in [9.17, 15) is 4.39 Å². The molecule has 2 aromatic rings. The Kier molecular flexibility index (Phi) is 5.19. The quantitative estimate of drug-likeness (QED) is 0.567. The minimum atomic E-state index is -0.331. The van der Waals surface area contributed by atoms with Gasteiger partial charge in [-0.1, -0.05) is 40.9 Å². The summed E-state index contributed by atoms with van der Waals surface area (Å²) in [6, 6.07) is 8.16. The van der Waals surface area contributed by atoms with Gasteiger partial charge in [0.2, 0.25) is 0 Å². The lowest BCUT2D eigenvalue weighted by Crippen LogP contribution is -2.07. The second-order valence-corrected chi connectivity index (χ2v) is 6.28. The van der Waals surface area contributed by atoms with Crippen molar-refractivity contribution in [3.63, 3.8) is 0 Å². The van der Waals surface area contributed by atoms with Gasteiger partial charge in [-0.25, -0.2) is 4.39 Å². The maximum atomic E-state index is 13.5. The lowest BCUT2D eigenvalue weighted by atomic mass is 10.1. The molecular formula is C14H10BrCl3FN. The molecule has 0 spiro atoms. The molecule has 1 N–H and O–H groups in total. The van der Waals surface area contributed by atoms with Gasteiger partial charge in [0, 0.05) is 5.69 Å². The molecule has 2 rings (SSSR count). The van der Waals surface area contributed by atoms with Gasteiger partial charge in [0.1, 0.15) is 5.82 Å². The molecule has 1 unspecified atom stereocenters. The van der Waals surface area contributed by atoms with Crippen molar-refractivity contribution >= 4 is 56.4 Å². The van der Waals surface area contributed by atoms with Crippen molar-refractivity contribution in [3.8, 4) is 0 Å². The van der Waals surface area contributed by atoms with Crippen LogP contribution in [0.15, 0.2) is 34.8 Å². The molecule has 0 aliphatic heterocycles. The topological polar surface area (TPSA) is 12.0 Å². The van der Waals surface area contributed by atoms with Gasteiger partial charge in [-0.2, -0.15) is 0 Å². The first-order valence-corrected chi connectivity index (χ1v) is 7.68. The predicted molar refractivity (Wildman–Crippen MR) is 87.6 cm³/mol. The van der Waals surface area contributed by atoms with E-state index in [4.69, 9.17) is 34.8 Å². The molecule has 20 heavy (non-hydrogen) atoms. The number of benzene rings is 2. The Morgan fingerprint density at radius 1 is 1.10 bits per heavy atom. The number of rotatable bonds is 3. The predicted octanol–water partition coefficient (Wildman–Crippen LogP) is 6.72. The highest BCUT2D eigenvalue weighted by Crippen LogP contribution is 2.36. The largest absolute Gasteiger partial charge is 0.378 e. The Labute approximate surface area is 140 Å². The van der Waals surface area contributed by atoms with Crippen molar-refractivity contribution in [1.82, 2.24) is 0 Å². The number of anilines is 1. The van der Waals surface area contributed by atoms with Crippen molar-refractivity contribution < 1.29 is 4.39 Å². The Balaban J connectivity index is 2.26. The molecule has 0 fully saturated rings. The zero-order valence-electron chi connectivity index (χ0n) is 10.4. The van der Waals surface area contributed by atoms with Crippen LogP contribution < -0.4 is 5.32 Å². The molecule has 2 aromatic carbocycles. The van der Waals surface area contributed by atoms with Gasteiger partial charge in [0.15, 0.2) is 0 Å². The first-order chi connectivity index (χ1) is 9.40. The van der Waals surface area contributed by atoms with Gasteiger partial charge < -0.3 is 5.32 Å². The van der Waals surface area contributed by atoms with E-state index in [0.29, 0.717) is 25.2 Å². The summed E-state index contributed by atoms with van der Waals surface area (Å²) in [5.41, 5.74) is 1.45. The average molecular weight is 398 g/mol. The molecule has 0 radical (unpaired) electrons. The first kappa shape index (κ1) is 15.9. The molecule has 0 aliphatic carbocycles. The van der Waals surface area contributed by atoms with E-state index in [-0.39, 0.29) is 11.9 Å². The van der Waals surface area contributed by atoms with Crippen LogP contribution in [0, 0.1) is 5.82 Å². The van der Waals surface area contributed by atoms with Crippen molar-refractivity contribution in [3.05, 3.63) is 61.3 Å². The summed E-state index contributed by atoms with van der Waals surface area (Å²) in [5.74, 6) is -0.331. The number of hydrogen-bond donors (Lipinski definition) is 1. The Bertz CT molecular complexity index is 649. The molecule has 0 bridgehead atoms. The van der Waals surface area contributed by atoms with Gasteiger partial charge in [0.05, 0.1) is 25.6 Å². The van der Waals surface area contributed by atoms with Crippen LogP contribution in [0.5, 0.6) is 0 Å². The van der Waals surface area contributed by atoms with Crippen molar-refractivity contribution in [2.45, 2.75) is 13.0 Å². The third-order valence-corrected chi connectivity index (χ3v) is 4.79. The molecular weight excluding hydrogens is 387 g/mol. The highest BCUT2D eigenvalue weighted by atomic mass is 79.9. The van der Waals surface area contributed by atoms with Crippen LogP contribution in [0.25, 0.3) is 0 Å². The minimum Gasteiger partial charge on any atom is -0.378 e. The van der Waals surface area contributed by atoms with Crippen molar-refractivity contribution in [2.75, 3.05) is 5.32 Å². The molecule has 0 heterocycles. The monoisotopic (exact) mass is 395 g/mol. The average Bonchev–Trinajstić information content (AvgIpc) is 2.40. The molecule has 0 amide bonds. The van der Waals surface area contributed by atoms with E-state index in [1.807, 2.05) is 6.92 Å². The van der Waals surface area contributed by atoms with Gasteiger partial charge in [-0.3, -0.25) is 0 Å². The molecule has 0 saturated carbocycles. The van der Waals surface area contributed by atoms with Gasteiger partial charge in [-0.15, -0.1) is 0 Å². The van der Waals surface area contributed by atoms with E-state index in [1.165, 1.54) is 6.07 Å². The van der Waals surface area contributed by atoms with Crippen molar-refractivity contribution in [2.24, 2.45) is 0 Å². The van der Waals surface area contributed by atoms with Gasteiger partial charge in [0.25, 0.3) is 0 Å². The van der Waals surface area contributed by atoms with E-state index in [1.54, 1.807) is 24.3 Å². The smallest absolute Gasteiger partial charge is 0.139 e. The summed E-state index contributed by atoms with van der Waals surface area (Å²) in [7, 11) is 0. The van der Waals surface area contributed by atoms with Crippen LogP contribution in [-0.2, 0) is 0 Å². The first-order valence-electron chi connectivity index (χ1n) is 5.75. The summed E-state index contributed by atoms with van der Waals surface area (Å²) in [6.45, 7) is 1.91. The summed E-state index contributed by atoms with van der Waals surface area (Å²) in [4.78, 5) is 0. The number of hydrogen-bond acceptors (Lipinski definition) is 1. The molecule has 0 saturated heterocycles. The van der Waals surface area contributed by atoms with E-state index < -0.39 is 0 Å². The van der Waals surface area contributed by atoms with Crippen LogP contribution in [-0.4, -0.2) is 0 Å². The normalized spacial score (nSPS) is 12.3. The maximum absolute atomic E-state index is 13.5.